The van der Waals surface area contributed by atoms with Gasteiger partial charge in [0.25, 0.3) is 0 Å². The fraction of sp³-hybridized carbons (Fsp3) is 0.111. The molecule has 0 aliphatic carbocycles. The average Bonchev–Trinajstić information content (AvgIpc) is 2.86. The molecule has 2 heterocycles. The second kappa shape index (κ2) is 6.37. The van der Waals surface area contributed by atoms with Gasteiger partial charge in [0.2, 0.25) is 0 Å². The van der Waals surface area contributed by atoms with Gasteiger partial charge in [0, 0.05) is 16.4 Å². The predicted octanol–water partition coefficient (Wildman–Crippen LogP) is 4.58. The Morgan fingerprint density at radius 1 is 1.12 bits per heavy atom. The number of aryl methyl sites for hydroxylation is 2. The number of carboxylic acids is 1. The van der Waals surface area contributed by atoms with Crippen LogP contribution >= 0.6 is 11.6 Å². The van der Waals surface area contributed by atoms with E-state index in [9.17, 15) is 9.90 Å². The number of benzene rings is 1. The molecular weight excluding hydrogens is 326 g/mol. The molecule has 2 N–H and O–H groups in total. The summed E-state index contributed by atoms with van der Waals surface area (Å²) in [6.07, 6.45) is 0. The fourth-order valence-electron chi connectivity index (χ4n) is 2.59. The van der Waals surface area contributed by atoms with Gasteiger partial charge in [-0.1, -0.05) is 17.7 Å². The van der Waals surface area contributed by atoms with Gasteiger partial charge in [0.15, 0.2) is 0 Å². The van der Waals surface area contributed by atoms with E-state index in [4.69, 9.17) is 11.6 Å². The molecule has 122 valence electrons. The molecule has 0 saturated carbocycles. The molecule has 6 heteroatoms. The lowest BCUT2D eigenvalue weighted by atomic mass is 10.2. The average molecular weight is 342 g/mol. The van der Waals surface area contributed by atoms with Crippen LogP contribution in [0, 0.1) is 13.8 Å². The Balaban J connectivity index is 2.00. The van der Waals surface area contributed by atoms with Crippen molar-refractivity contribution in [1.82, 2.24) is 9.55 Å². The topological polar surface area (TPSA) is 67.2 Å². The molecule has 0 spiro atoms. The number of hydrogen-bond acceptors (Lipinski definition) is 3. The number of nitrogens with zero attached hydrogens (tertiary/aromatic N) is 2. The Labute approximate surface area is 144 Å². The summed E-state index contributed by atoms with van der Waals surface area (Å²) < 4.78 is 2.03. The minimum Gasteiger partial charge on any atom is -0.478 e. The Bertz CT molecular complexity index is 899. The summed E-state index contributed by atoms with van der Waals surface area (Å²) in [4.78, 5) is 15.9. The third-order valence-electron chi connectivity index (χ3n) is 3.71. The van der Waals surface area contributed by atoms with Gasteiger partial charge < -0.3 is 15.0 Å². The highest BCUT2D eigenvalue weighted by atomic mass is 35.5. The number of halogens is 1. The van der Waals surface area contributed by atoms with Crippen molar-refractivity contribution < 1.29 is 9.90 Å². The summed E-state index contributed by atoms with van der Waals surface area (Å²) in [6, 6.07) is 14.2. The van der Waals surface area contributed by atoms with Gasteiger partial charge in [-0.3, -0.25) is 0 Å². The largest absolute Gasteiger partial charge is 0.478 e. The van der Waals surface area contributed by atoms with Crippen LogP contribution in [-0.4, -0.2) is 20.6 Å². The summed E-state index contributed by atoms with van der Waals surface area (Å²) in [7, 11) is 0. The minimum absolute atomic E-state index is 0.139. The van der Waals surface area contributed by atoms with Crippen molar-refractivity contribution in [3.05, 3.63) is 70.5 Å². The van der Waals surface area contributed by atoms with E-state index < -0.39 is 5.97 Å². The van der Waals surface area contributed by atoms with Crippen molar-refractivity contribution in [2.24, 2.45) is 0 Å². The SMILES string of the molecule is Cc1ccc(C)n1-c1cccc(Nc2cc(Cl)ccc2C(=O)O)n1. The van der Waals surface area contributed by atoms with Gasteiger partial charge in [0.05, 0.1) is 11.3 Å². The van der Waals surface area contributed by atoms with E-state index in [0.29, 0.717) is 16.5 Å². The summed E-state index contributed by atoms with van der Waals surface area (Å²) in [6.45, 7) is 4.02. The number of rotatable bonds is 4. The maximum Gasteiger partial charge on any atom is 0.337 e. The van der Waals surface area contributed by atoms with E-state index in [0.717, 1.165) is 17.2 Å². The molecule has 0 aliphatic heterocycles. The highest BCUT2D eigenvalue weighted by Gasteiger charge is 2.12. The second-order valence-electron chi connectivity index (χ2n) is 5.45. The van der Waals surface area contributed by atoms with Crippen LogP contribution in [-0.2, 0) is 0 Å². The molecule has 0 fully saturated rings. The number of aromatic nitrogens is 2. The molecule has 1 aromatic carbocycles. The zero-order chi connectivity index (χ0) is 17.3. The van der Waals surface area contributed by atoms with E-state index in [1.807, 2.05) is 42.7 Å². The van der Waals surface area contributed by atoms with Gasteiger partial charge >= 0.3 is 5.97 Å². The van der Waals surface area contributed by atoms with Crippen LogP contribution in [0.5, 0.6) is 0 Å². The highest BCUT2D eigenvalue weighted by Crippen LogP contribution is 2.25. The Morgan fingerprint density at radius 2 is 1.83 bits per heavy atom. The molecule has 3 rings (SSSR count). The zero-order valence-electron chi connectivity index (χ0n) is 13.2. The quantitative estimate of drug-likeness (QED) is 0.728. The molecule has 5 nitrogen and oxygen atoms in total. The second-order valence-corrected chi connectivity index (χ2v) is 5.89. The fourth-order valence-corrected chi connectivity index (χ4v) is 2.76. The summed E-state index contributed by atoms with van der Waals surface area (Å²) in [5, 5.41) is 12.8. The number of carbonyl (C=O) groups is 1. The van der Waals surface area contributed by atoms with E-state index >= 15 is 0 Å². The van der Waals surface area contributed by atoms with Crippen LogP contribution < -0.4 is 5.32 Å². The molecule has 2 aromatic heterocycles. The van der Waals surface area contributed by atoms with Gasteiger partial charge in [-0.2, -0.15) is 0 Å². The monoisotopic (exact) mass is 341 g/mol. The summed E-state index contributed by atoms with van der Waals surface area (Å²) >= 11 is 5.98. The molecule has 0 unspecified atom stereocenters. The summed E-state index contributed by atoms with van der Waals surface area (Å²) in [5.74, 6) is 0.283. The first-order valence-corrected chi connectivity index (χ1v) is 7.76. The van der Waals surface area contributed by atoms with Crippen LogP contribution in [0.1, 0.15) is 21.7 Å². The Kier molecular flexibility index (Phi) is 4.27. The van der Waals surface area contributed by atoms with Crippen LogP contribution in [0.25, 0.3) is 5.82 Å². The van der Waals surface area contributed by atoms with Crippen LogP contribution in [0.2, 0.25) is 5.02 Å². The smallest absolute Gasteiger partial charge is 0.337 e. The van der Waals surface area contributed by atoms with E-state index in [1.165, 1.54) is 6.07 Å². The van der Waals surface area contributed by atoms with E-state index in [-0.39, 0.29) is 5.56 Å². The number of carboxylic acid groups (broad SMARTS) is 1. The first-order valence-electron chi connectivity index (χ1n) is 7.38. The third-order valence-corrected chi connectivity index (χ3v) is 3.94. The van der Waals surface area contributed by atoms with Crippen molar-refractivity contribution in [3.63, 3.8) is 0 Å². The van der Waals surface area contributed by atoms with Crippen molar-refractivity contribution in [3.8, 4) is 5.82 Å². The van der Waals surface area contributed by atoms with Gasteiger partial charge in [-0.15, -0.1) is 0 Å². The lowest BCUT2D eigenvalue weighted by Crippen LogP contribution is -2.06. The van der Waals surface area contributed by atoms with Gasteiger partial charge in [0.1, 0.15) is 11.6 Å². The molecule has 0 bridgehead atoms. The normalized spacial score (nSPS) is 10.6. The lowest BCUT2D eigenvalue weighted by molar-refractivity contribution is 0.0698. The molecule has 0 atom stereocenters. The van der Waals surface area contributed by atoms with Crippen molar-refractivity contribution in [2.75, 3.05) is 5.32 Å². The van der Waals surface area contributed by atoms with E-state index in [1.54, 1.807) is 18.2 Å². The standard InChI is InChI=1S/C18H16ClN3O2/c1-11-6-7-12(2)22(11)17-5-3-4-16(21-17)20-15-10-13(19)8-9-14(15)18(23)24/h3-10H,1-2H3,(H,20,21)(H,23,24). The van der Waals surface area contributed by atoms with Gasteiger partial charge in [-0.25, -0.2) is 9.78 Å². The molecule has 0 aliphatic rings. The number of anilines is 2. The van der Waals surface area contributed by atoms with E-state index in [2.05, 4.69) is 10.3 Å². The number of pyridine rings is 1. The van der Waals surface area contributed by atoms with Crippen molar-refractivity contribution in [1.29, 1.82) is 0 Å². The van der Waals surface area contributed by atoms with Crippen molar-refractivity contribution in [2.45, 2.75) is 13.8 Å². The predicted molar refractivity (Wildman–Crippen MR) is 94.7 cm³/mol. The number of nitrogens with one attached hydrogen (secondary N) is 1. The molecular formula is C18H16ClN3O2. The first kappa shape index (κ1) is 16.1. The molecule has 0 radical (unpaired) electrons. The maximum atomic E-state index is 11.4. The summed E-state index contributed by atoms with van der Waals surface area (Å²) in [5.41, 5.74) is 2.69. The number of hydrogen-bond donors (Lipinski definition) is 2. The van der Waals surface area contributed by atoms with Crippen LogP contribution in [0.3, 0.4) is 0 Å². The maximum absolute atomic E-state index is 11.4. The third kappa shape index (κ3) is 3.12. The number of aromatic carboxylic acids is 1. The first-order chi connectivity index (χ1) is 11.5. The Morgan fingerprint density at radius 3 is 2.50 bits per heavy atom. The molecule has 0 saturated heterocycles. The van der Waals surface area contributed by atoms with Crippen molar-refractivity contribution >= 4 is 29.1 Å². The van der Waals surface area contributed by atoms with Crippen LogP contribution in [0.4, 0.5) is 11.5 Å². The van der Waals surface area contributed by atoms with Gasteiger partial charge in [-0.05, 0) is 56.3 Å². The highest BCUT2D eigenvalue weighted by molar-refractivity contribution is 6.31. The van der Waals surface area contributed by atoms with Crippen LogP contribution in [0.15, 0.2) is 48.5 Å². The zero-order valence-corrected chi connectivity index (χ0v) is 14.0. The molecule has 3 aromatic rings. The minimum atomic E-state index is -1.03. The lowest BCUT2D eigenvalue weighted by Gasteiger charge is -2.12. The molecule has 0 amide bonds. The Hall–Kier alpha value is -2.79. The molecule has 24 heavy (non-hydrogen) atoms.